The average molecular weight is 405 g/mol. The molecule has 0 aliphatic carbocycles. The molecule has 2 heterocycles. The van der Waals surface area contributed by atoms with Gasteiger partial charge in [0, 0.05) is 31.1 Å². The molecule has 4 rings (SSSR count). The summed E-state index contributed by atoms with van der Waals surface area (Å²) in [7, 11) is 0. The fourth-order valence-corrected chi connectivity index (χ4v) is 3.23. The van der Waals surface area contributed by atoms with E-state index in [0.29, 0.717) is 23.9 Å². The van der Waals surface area contributed by atoms with Crippen molar-refractivity contribution in [1.29, 1.82) is 0 Å². The van der Waals surface area contributed by atoms with E-state index in [1.165, 1.54) is 12.1 Å². The summed E-state index contributed by atoms with van der Waals surface area (Å²) in [5.41, 5.74) is 2.23. The molecule has 30 heavy (non-hydrogen) atoms. The van der Waals surface area contributed by atoms with Crippen LogP contribution in [-0.4, -0.2) is 16.8 Å². The first-order valence-corrected chi connectivity index (χ1v) is 9.62. The molecule has 0 bridgehead atoms. The Morgan fingerprint density at radius 3 is 2.67 bits per heavy atom. The lowest BCUT2D eigenvalue weighted by molar-refractivity contribution is -0.125. The number of anilines is 1. The first kappa shape index (κ1) is 19.6. The standard InChI is InChI=1S/C23H20FN3O3/c24-18-9-7-16(8-10-18)14-26-21(28)11-12-22(29)27-15-17-4-1-2-6-20(17)30-23-19(27)5-3-13-25-23/h1-10,13H,11-12,14-15H2,(H,26,28). The van der Waals surface area contributed by atoms with Crippen LogP contribution >= 0.6 is 0 Å². The molecule has 0 spiro atoms. The molecule has 0 atom stereocenters. The van der Waals surface area contributed by atoms with Crippen molar-refractivity contribution in [2.24, 2.45) is 0 Å². The van der Waals surface area contributed by atoms with Crippen molar-refractivity contribution in [1.82, 2.24) is 10.3 Å². The number of carbonyl (C=O) groups is 2. The van der Waals surface area contributed by atoms with Gasteiger partial charge in [0.1, 0.15) is 17.3 Å². The van der Waals surface area contributed by atoms with Gasteiger partial charge in [-0.25, -0.2) is 9.37 Å². The van der Waals surface area contributed by atoms with Crippen LogP contribution in [0.3, 0.4) is 0 Å². The number of ether oxygens (including phenoxy) is 1. The maximum Gasteiger partial charge on any atom is 0.243 e. The van der Waals surface area contributed by atoms with Crippen LogP contribution < -0.4 is 15.0 Å². The molecule has 2 amide bonds. The van der Waals surface area contributed by atoms with Gasteiger partial charge in [-0.2, -0.15) is 0 Å². The van der Waals surface area contributed by atoms with Crippen LogP contribution in [-0.2, 0) is 22.7 Å². The van der Waals surface area contributed by atoms with E-state index in [2.05, 4.69) is 10.3 Å². The zero-order valence-electron chi connectivity index (χ0n) is 16.2. The van der Waals surface area contributed by atoms with Gasteiger partial charge in [-0.1, -0.05) is 30.3 Å². The van der Waals surface area contributed by atoms with E-state index in [4.69, 9.17) is 4.74 Å². The van der Waals surface area contributed by atoms with E-state index < -0.39 is 0 Å². The van der Waals surface area contributed by atoms with Crippen LogP contribution in [0.2, 0.25) is 0 Å². The predicted octanol–water partition coefficient (Wildman–Crippen LogP) is 3.96. The predicted molar refractivity (Wildman–Crippen MR) is 109 cm³/mol. The quantitative estimate of drug-likeness (QED) is 0.698. The maximum absolute atomic E-state index is 13.0. The highest BCUT2D eigenvalue weighted by Crippen LogP contribution is 2.37. The molecule has 0 radical (unpaired) electrons. The first-order valence-electron chi connectivity index (χ1n) is 9.62. The van der Waals surface area contributed by atoms with E-state index in [1.54, 1.807) is 35.4 Å². The van der Waals surface area contributed by atoms with E-state index in [9.17, 15) is 14.0 Å². The molecular weight excluding hydrogens is 385 g/mol. The zero-order chi connectivity index (χ0) is 20.9. The summed E-state index contributed by atoms with van der Waals surface area (Å²) in [6.07, 6.45) is 1.71. The first-order chi connectivity index (χ1) is 14.6. The second-order valence-corrected chi connectivity index (χ2v) is 6.92. The molecule has 2 aromatic carbocycles. The number of para-hydroxylation sites is 1. The van der Waals surface area contributed by atoms with E-state index in [-0.39, 0.29) is 37.0 Å². The fraction of sp³-hybridized carbons (Fsp3) is 0.174. The van der Waals surface area contributed by atoms with Crippen LogP contribution in [0.5, 0.6) is 11.6 Å². The number of nitrogens with zero attached hydrogens (tertiary/aromatic N) is 2. The largest absolute Gasteiger partial charge is 0.437 e. The molecule has 0 unspecified atom stereocenters. The maximum atomic E-state index is 13.0. The summed E-state index contributed by atoms with van der Waals surface area (Å²) in [6.45, 7) is 0.621. The second-order valence-electron chi connectivity index (χ2n) is 6.92. The van der Waals surface area contributed by atoms with Gasteiger partial charge in [0.25, 0.3) is 0 Å². The van der Waals surface area contributed by atoms with Crippen molar-refractivity contribution in [3.8, 4) is 11.6 Å². The highest BCUT2D eigenvalue weighted by molar-refractivity contribution is 5.96. The van der Waals surface area contributed by atoms with Gasteiger partial charge in [0.2, 0.25) is 17.7 Å². The van der Waals surface area contributed by atoms with Crippen LogP contribution in [0.15, 0.2) is 66.9 Å². The number of nitrogens with one attached hydrogen (secondary N) is 1. The second kappa shape index (κ2) is 8.73. The Morgan fingerprint density at radius 2 is 1.83 bits per heavy atom. The number of aromatic nitrogens is 1. The number of amides is 2. The molecule has 1 aliphatic rings. The Bertz CT molecular complexity index is 1070. The molecule has 0 saturated carbocycles. The lowest BCUT2D eigenvalue weighted by Crippen LogP contribution is -2.31. The molecule has 152 valence electrons. The van der Waals surface area contributed by atoms with Crippen LogP contribution in [0.25, 0.3) is 0 Å². The summed E-state index contributed by atoms with van der Waals surface area (Å²) in [5.74, 6) is 0.252. The van der Waals surface area contributed by atoms with Gasteiger partial charge >= 0.3 is 0 Å². The van der Waals surface area contributed by atoms with Gasteiger partial charge in [0.05, 0.1) is 6.54 Å². The van der Waals surface area contributed by atoms with Crippen LogP contribution in [0, 0.1) is 5.82 Å². The van der Waals surface area contributed by atoms with Gasteiger partial charge in [-0.3, -0.25) is 9.59 Å². The van der Waals surface area contributed by atoms with Crippen molar-refractivity contribution in [3.63, 3.8) is 0 Å². The van der Waals surface area contributed by atoms with Crippen LogP contribution in [0.1, 0.15) is 24.0 Å². The fourth-order valence-electron chi connectivity index (χ4n) is 3.23. The molecule has 6 nitrogen and oxygen atoms in total. The highest BCUT2D eigenvalue weighted by Gasteiger charge is 2.26. The van der Waals surface area contributed by atoms with E-state index in [1.807, 2.05) is 24.3 Å². The van der Waals surface area contributed by atoms with Crippen molar-refractivity contribution in [3.05, 3.63) is 83.8 Å². The summed E-state index contributed by atoms with van der Waals surface area (Å²) in [5, 5.41) is 2.75. The molecule has 3 aromatic rings. The summed E-state index contributed by atoms with van der Waals surface area (Å²) in [4.78, 5) is 31.0. The number of carbonyl (C=O) groups excluding carboxylic acids is 2. The third kappa shape index (κ3) is 4.46. The normalized spacial score (nSPS) is 12.2. The molecular formula is C23H20FN3O3. The number of rotatable bonds is 5. The minimum absolute atomic E-state index is 0.0474. The molecule has 1 aromatic heterocycles. The Hall–Kier alpha value is -3.74. The number of fused-ring (bicyclic) bond motifs is 2. The Morgan fingerprint density at radius 1 is 1.03 bits per heavy atom. The SMILES string of the molecule is O=C(CCC(=O)N1Cc2ccccc2Oc2ncccc21)NCc1ccc(F)cc1. The van der Waals surface area contributed by atoms with E-state index in [0.717, 1.165) is 11.1 Å². The third-order valence-corrected chi connectivity index (χ3v) is 4.82. The van der Waals surface area contributed by atoms with Crippen molar-refractivity contribution < 1.29 is 18.7 Å². The lowest BCUT2D eigenvalue weighted by atomic mass is 10.1. The lowest BCUT2D eigenvalue weighted by Gasteiger charge is -2.21. The number of pyridine rings is 1. The smallest absolute Gasteiger partial charge is 0.243 e. The van der Waals surface area contributed by atoms with Gasteiger partial charge < -0.3 is 15.0 Å². The summed E-state index contributed by atoms with van der Waals surface area (Å²) in [6, 6.07) is 16.9. The van der Waals surface area contributed by atoms with Gasteiger partial charge in [-0.15, -0.1) is 0 Å². The molecule has 0 saturated heterocycles. The molecule has 1 N–H and O–H groups in total. The van der Waals surface area contributed by atoms with E-state index >= 15 is 0 Å². The van der Waals surface area contributed by atoms with Gasteiger partial charge in [-0.05, 0) is 35.9 Å². The summed E-state index contributed by atoms with van der Waals surface area (Å²) < 4.78 is 18.8. The minimum Gasteiger partial charge on any atom is -0.437 e. The monoisotopic (exact) mass is 405 g/mol. The molecule has 1 aliphatic heterocycles. The Balaban J connectivity index is 1.41. The molecule has 0 fully saturated rings. The van der Waals surface area contributed by atoms with Crippen molar-refractivity contribution in [2.45, 2.75) is 25.9 Å². The number of hydrogen-bond donors (Lipinski definition) is 1. The minimum atomic E-state index is -0.326. The number of benzene rings is 2. The Kier molecular flexibility index (Phi) is 5.70. The topological polar surface area (TPSA) is 71.5 Å². The zero-order valence-corrected chi connectivity index (χ0v) is 16.2. The summed E-state index contributed by atoms with van der Waals surface area (Å²) >= 11 is 0. The Labute approximate surface area is 173 Å². The number of hydrogen-bond acceptors (Lipinski definition) is 4. The van der Waals surface area contributed by atoms with Gasteiger partial charge in [0.15, 0.2) is 0 Å². The number of halogens is 1. The van der Waals surface area contributed by atoms with Crippen molar-refractivity contribution >= 4 is 17.5 Å². The third-order valence-electron chi connectivity index (χ3n) is 4.82. The average Bonchev–Trinajstić information content (AvgIpc) is 2.94. The van der Waals surface area contributed by atoms with Crippen molar-refractivity contribution in [2.75, 3.05) is 4.90 Å². The highest BCUT2D eigenvalue weighted by atomic mass is 19.1. The molecule has 7 heteroatoms. The van der Waals surface area contributed by atoms with Crippen LogP contribution in [0.4, 0.5) is 10.1 Å².